The molecule has 1 aromatic heterocycles. The van der Waals surface area contributed by atoms with Crippen LogP contribution in [0, 0.1) is 0 Å². The summed E-state index contributed by atoms with van der Waals surface area (Å²) >= 11 is 5.92. The number of hydrogen-bond donors (Lipinski definition) is 0. The lowest BCUT2D eigenvalue weighted by atomic mass is 10.2. The first-order valence-electron chi connectivity index (χ1n) is 6.71. The summed E-state index contributed by atoms with van der Waals surface area (Å²) < 4.78 is 5.06. The van der Waals surface area contributed by atoms with E-state index in [1.165, 1.54) is 26.5 Å². The highest BCUT2D eigenvalue weighted by molar-refractivity contribution is 6.28. The van der Waals surface area contributed by atoms with Crippen molar-refractivity contribution in [2.24, 2.45) is 0 Å². The Morgan fingerprint density at radius 1 is 1.16 bits per heavy atom. The molecule has 1 aromatic rings. The summed E-state index contributed by atoms with van der Waals surface area (Å²) in [6, 6.07) is 0.895. The maximum Gasteiger partial charge on any atom is 0.322 e. The third-order valence-corrected chi connectivity index (χ3v) is 4.01. The molecule has 2 aliphatic heterocycles. The van der Waals surface area contributed by atoms with Gasteiger partial charge >= 0.3 is 6.01 Å². The summed E-state index contributed by atoms with van der Waals surface area (Å²) in [5, 5.41) is 0.189. The van der Waals surface area contributed by atoms with Crippen molar-refractivity contribution in [2.45, 2.75) is 25.3 Å². The fourth-order valence-electron chi connectivity index (χ4n) is 2.94. The van der Waals surface area contributed by atoms with Gasteiger partial charge in [-0.3, -0.25) is 4.90 Å². The SMILES string of the molecule is COc1nc(Cl)nc(N2CCCN3CCCC3C2)n1. The van der Waals surface area contributed by atoms with E-state index in [0.29, 0.717) is 12.0 Å². The Bertz CT molecular complexity index is 458. The van der Waals surface area contributed by atoms with Gasteiger partial charge in [0.1, 0.15) is 0 Å². The Kier molecular flexibility index (Phi) is 3.70. The highest BCUT2D eigenvalue weighted by Gasteiger charge is 2.29. The lowest BCUT2D eigenvalue weighted by Crippen LogP contribution is -2.37. The van der Waals surface area contributed by atoms with Gasteiger partial charge in [-0.1, -0.05) is 0 Å². The van der Waals surface area contributed by atoms with E-state index >= 15 is 0 Å². The first-order chi connectivity index (χ1) is 9.26. The van der Waals surface area contributed by atoms with Gasteiger partial charge < -0.3 is 9.64 Å². The van der Waals surface area contributed by atoms with E-state index in [9.17, 15) is 0 Å². The van der Waals surface area contributed by atoms with E-state index < -0.39 is 0 Å². The molecule has 0 saturated carbocycles. The average Bonchev–Trinajstić information content (AvgIpc) is 2.75. The van der Waals surface area contributed by atoms with Crippen molar-refractivity contribution in [3.63, 3.8) is 0 Å². The van der Waals surface area contributed by atoms with Crippen molar-refractivity contribution < 1.29 is 4.74 Å². The summed E-state index contributed by atoms with van der Waals surface area (Å²) in [4.78, 5) is 17.2. The predicted molar refractivity (Wildman–Crippen MR) is 72.8 cm³/mol. The maximum absolute atomic E-state index is 5.92. The number of fused-ring (bicyclic) bond motifs is 1. The van der Waals surface area contributed by atoms with Crippen LogP contribution in [-0.2, 0) is 0 Å². The van der Waals surface area contributed by atoms with Gasteiger partial charge in [-0.2, -0.15) is 15.0 Å². The van der Waals surface area contributed by atoms with Gasteiger partial charge in [0.15, 0.2) is 0 Å². The van der Waals surface area contributed by atoms with Crippen molar-refractivity contribution in [3.8, 4) is 6.01 Å². The minimum Gasteiger partial charge on any atom is -0.467 e. The molecule has 0 radical (unpaired) electrons. The van der Waals surface area contributed by atoms with Crippen molar-refractivity contribution >= 4 is 17.5 Å². The minimum absolute atomic E-state index is 0.189. The number of rotatable bonds is 2. The highest BCUT2D eigenvalue weighted by atomic mass is 35.5. The summed E-state index contributed by atoms with van der Waals surface area (Å²) in [5.74, 6) is 0.630. The van der Waals surface area contributed by atoms with Crippen LogP contribution >= 0.6 is 11.6 Å². The van der Waals surface area contributed by atoms with Gasteiger partial charge in [-0.25, -0.2) is 0 Å². The zero-order chi connectivity index (χ0) is 13.2. The van der Waals surface area contributed by atoms with Crippen molar-refractivity contribution in [2.75, 3.05) is 38.2 Å². The second-order valence-electron chi connectivity index (χ2n) is 5.02. The number of nitrogens with zero attached hydrogens (tertiary/aromatic N) is 5. The molecular weight excluding hydrogens is 266 g/mol. The van der Waals surface area contributed by atoms with E-state index in [1.807, 2.05) is 0 Å². The predicted octanol–water partition coefficient (Wildman–Crippen LogP) is 1.21. The van der Waals surface area contributed by atoms with Crippen LogP contribution in [-0.4, -0.2) is 59.2 Å². The number of anilines is 1. The first-order valence-corrected chi connectivity index (χ1v) is 7.08. The first kappa shape index (κ1) is 12.9. The third-order valence-electron chi connectivity index (χ3n) is 3.84. The lowest BCUT2D eigenvalue weighted by Gasteiger charge is -2.25. The van der Waals surface area contributed by atoms with Gasteiger partial charge in [-0.05, 0) is 37.4 Å². The zero-order valence-electron chi connectivity index (χ0n) is 11.0. The Labute approximate surface area is 117 Å². The van der Waals surface area contributed by atoms with Crippen molar-refractivity contribution in [1.82, 2.24) is 19.9 Å². The van der Waals surface area contributed by atoms with E-state index in [1.54, 1.807) is 0 Å². The Morgan fingerprint density at radius 2 is 2.00 bits per heavy atom. The monoisotopic (exact) mass is 283 g/mol. The van der Waals surface area contributed by atoms with Gasteiger partial charge in [0.25, 0.3) is 0 Å². The Hall–Kier alpha value is -1.14. The normalized spacial score (nSPS) is 24.1. The Balaban J connectivity index is 1.82. The minimum atomic E-state index is 0.189. The molecule has 0 spiro atoms. The summed E-state index contributed by atoms with van der Waals surface area (Å²) in [7, 11) is 1.54. The second-order valence-corrected chi connectivity index (χ2v) is 5.36. The molecule has 1 unspecified atom stereocenters. The molecule has 3 rings (SSSR count). The third kappa shape index (κ3) is 2.74. The number of aromatic nitrogens is 3. The molecule has 6 nitrogen and oxygen atoms in total. The van der Waals surface area contributed by atoms with Crippen LogP contribution in [0.2, 0.25) is 5.28 Å². The van der Waals surface area contributed by atoms with Gasteiger partial charge in [0.2, 0.25) is 11.2 Å². The van der Waals surface area contributed by atoms with Crippen LogP contribution in [0.3, 0.4) is 0 Å². The van der Waals surface area contributed by atoms with Crippen LogP contribution in [0.4, 0.5) is 5.95 Å². The molecule has 0 aromatic carbocycles. The Morgan fingerprint density at radius 3 is 2.84 bits per heavy atom. The molecule has 0 N–H and O–H groups in total. The molecule has 7 heteroatoms. The summed E-state index contributed by atoms with van der Waals surface area (Å²) in [6.45, 7) is 4.30. The smallest absolute Gasteiger partial charge is 0.322 e. The molecule has 3 heterocycles. The summed E-state index contributed by atoms with van der Waals surface area (Å²) in [6.07, 6.45) is 3.67. The number of hydrogen-bond acceptors (Lipinski definition) is 6. The van der Waals surface area contributed by atoms with Crippen LogP contribution in [0.1, 0.15) is 19.3 Å². The molecule has 2 saturated heterocycles. The second kappa shape index (κ2) is 5.46. The summed E-state index contributed by atoms with van der Waals surface area (Å²) in [5.41, 5.74) is 0. The van der Waals surface area contributed by atoms with Gasteiger partial charge in [0.05, 0.1) is 7.11 Å². The fourth-order valence-corrected chi connectivity index (χ4v) is 3.09. The lowest BCUT2D eigenvalue weighted by molar-refractivity contribution is 0.273. The van der Waals surface area contributed by atoms with E-state index in [0.717, 1.165) is 26.1 Å². The molecule has 104 valence electrons. The van der Waals surface area contributed by atoms with Crippen molar-refractivity contribution in [1.29, 1.82) is 0 Å². The molecule has 1 atom stereocenters. The molecule has 2 aliphatic rings. The molecule has 2 fully saturated rings. The van der Waals surface area contributed by atoms with E-state index in [-0.39, 0.29) is 11.3 Å². The van der Waals surface area contributed by atoms with Crippen molar-refractivity contribution in [3.05, 3.63) is 5.28 Å². The largest absolute Gasteiger partial charge is 0.467 e. The van der Waals surface area contributed by atoms with Gasteiger partial charge in [0, 0.05) is 25.7 Å². The van der Waals surface area contributed by atoms with Crippen LogP contribution in [0.25, 0.3) is 0 Å². The number of halogens is 1. The molecule has 0 aliphatic carbocycles. The highest BCUT2D eigenvalue weighted by Crippen LogP contribution is 2.24. The maximum atomic E-state index is 5.92. The fraction of sp³-hybridized carbons (Fsp3) is 0.750. The molecular formula is C12H18ClN5O. The molecule has 0 amide bonds. The quantitative estimate of drug-likeness (QED) is 0.813. The number of ether oxygens (including phenoxy) is 1. The molecule has 19 heavy (non-hydrogen) atoms. The van der Waals surface area contributed by atoms with Crippen LogP contribution < -0.4 is 9.64 Å². The van der Waals surface area contributed by atoms with E-state index in [4.69, 9.17) is 16.3 Å². The van der Waals surface area contributed by atoms with E-state index in [2.05, 4.69) is 24.8 Å². The number of methoxy groups -OCH3 is 1. The zero-order valence-corrected chi connectivity index (χ0v) is 11.8. The van der Waals surface area contributed by atoms with Crippen LogP contribution in [0.15, 0.2) is 0 Å². The average molecular weight is 284 g/mol. The van der Waals surface area contributed by atoms with Crippen LogP contribution in [0.5, 0.6) is 6.01 Å². The standard InChI is InChI=1S/C12H18ClN5O/c1-19-12-15-10(13)14-11(16-12)18-7-3-6-17-5-2-4-9(17)8-18/h9H,2-8H2,1H3. The molecule has 0 bridgehead atoms. The van der Waals surface area contributed by atoms with Gasteiger partial charge in [-0.15, -0.1) is 0 Å². The topological polar surface area (TPSA) is 54.4 Å².